The van der Waals surface area contributed by atoms with Crippen LogP contribution in [0.1, 0.15) is 25.5 Å². The second-order valence-electron chi connectivity index (χ2n) is 5.40. The first-order chi connectivity index (χ1) is 9.88. The third kappa shape index (κ3) is 4.50. The van der Waals surface area contributed by atoms with E-state index in [2.05, 4.69) is 5.10 Å². The van der Waals surface area contributed by atoms with Crippen LogP contribution in [0.3, 0.4) is 0 Å². The minimum atomic E-state index is -3.31. The largest absolute Gasteiger partial charge is 0.378 e. The minimum Gasteiger partial charge on any atom is -0.378 e. The number of hydrogen-bond acceptors (Lipinski definition) is 5. The summed E-state index contributed by atoms with van der Waals surface area (Å²) < 4.78 is 38.8. The van der Waals surface area contributed by atoms with E-state index in [0.717, 1.165) is 5.56 Å². The Bertz CT molecular complexity index is 556. The van der Waals surface area contributed by atoms with E-state index in [4.69, 9.17) is 9.47 Å². The summed E-state index contributed by atoms with van der Waals surface area (Å²) in [5.41, 5.74) is 0.899. The lowest BCUT2D eigenvalue weighted by Gasteiger charge is -2.31. The zero-order valence-corrected chi connectivity index (χ0v) is 13.5. The van der Waals surface area contributed by atoms with Gasteiger partial charge in [-0.1, -0.05) is 0 Å². The summed E-state index contributed by atoms with van der Waals surface area (Å²) in [4.78, 5) is 0. The summed E-state index contributed by atoms with van der Waals surface area (Å²) in [6, 6.07) is 0. The molecule has 0 bridgehead atoms. The molecule has 1 fully saturated rings. The van der Waals surface area contributed by atoms with Crippen molar-refractivity contribution in [3.05, 3.63) is 18.0 Å². The molecule has 0 radical (unpaired) electrons. The van der Waals surface area contributed by atoms with E-state index >= 15 is 0 Å². The van der Waals surface area contributed by atoms with Gasteiger partial charge in [0.15, 0.2) is 0 Å². The zero-order valence-electron chi connectivity index (χ0n) is 12.7. The van der Waals surface area contributed by atoms with Crippen molar-refractivity contribution in [2.24, 2.45) is 7.05 Å². The molecule has 7 nitrogen and oxygen atoms in total. The topological polar surface area (TPSA) is 73.7 Å². The second-order valence-corrected chi connectivity index (χ2v) is 7.49. The Balaban J connectivity index is 1.96. The molecule has 21 heavy (non-hydrogen) atoms. The quantitative estimate of drug-likeness (QED) is 0.766. The summed E-state index contributed by atoms with van der Waals surface area (Å²) in [6.45, 7) is 5.11. The summed E-state index contributed by atoms with van der Waals surface area (Å²) in [5.74, 6) is 0.00490. The zero-order chi connectivity index (χ0) is 15.5. The molecule has 120 valence electrons. The molecular weight excluding hydrogens is 294 g/mol. The fourth-order valence-corrected chi connectivity index (χ4v) is 3.48. The van der Waals surface area contributed by atoms with Crippen LogP contribution >= 0.6 is 0 Å². The SMILES string of the molecule is CC(C)OCCS(=O)(=O)N1CCO[C@H](c2cnn(C)c2)C1. The van der Waals surface area contributed by atoms with E-state index in [-0.39, 0.29) is 24.6 Å². The van der Waals surface area contributed by atoms with Crippen LogP contribution in [0.5, 0.6) is 0 Å². The first kappa shape index (κ1) is 16.4. The Hall–Kier alpha value is -0.960. The highest BCUT2D eigenvalue weighted by Gasteiger charge is 2.30. The van der Waals surface area contributed by atoms with Crippen LogP contribution in [0.25, 0.3) is 0 Å². The van der Waals surface area contributed by atoms with Gasteiger partial charge < -0.3 is 9.47 Å². The Morgan fingerprint density at radius 3 is 2.90 bits per heavy atom. The first-order valence-corrected chi connectivity index (χ1v) is 8.69. The molecule has 8 heteroatoms. The number of ether oxygens (including phenoxy) is 2. The molecule has 1 aliphatic heterocycles. The monoisotopic (exact) mass is 317 g/mol. The number of aryl methyl sites for hydroxylation is 1. The Morgan fingerprint density at radius 1 is 1.52 bits per heavy atom. The highest BCUT2D eigenvalue weighted by atomic mass is 32.2. The molecule has 2 rings (SSSR count). The number of sulfonamides is 1. The van der Waals surface area contributed by atoms with Gasteiger partial charge in [0.05, 0.1) is 37.4 Å². The molecule has 1 saturated heterocycles. The normalized spacial score (nSPS) is 21.0. The van der Waals surface area contributed by atoms with Crippen molar-refractivity contribution in [3.8, 4) is 0 Å². The van der Waals surface area contributed by atoms with E-state index in [0.29, 0.717) is 19.7 Å². The Morgan fingerprint density at radius 2 is 2.29 bits per heavy atom. The van der Waals surface area contributed by atoms with Gasteiger partial charge in [0, 0.05) is 31.9 Å². The van der Waals surface area contributed by atoms with Crippen LogP contribution < -0.4 is 0 Å². The third-order valence-electron chi connectivity index (χ3n) is 3.31. The molecule has 0 aromatic carbocycles. The highest BCUT2D eigenvalue weighted by Crippen LogP contribution is 2.23. The maximum absolute atomic E-state index is 12.3. The molecule has 0 N–H and O–H groups in total. The number of hydrogen-bond donors (Lipinski definition) is 0. The van der Waals surface area contributed by atoms with Gasteiger partial charge in [-0.05, 0) is 13.8 Å². The lowest BCUT2D eigenvalue weighted by molar-refractivity contribution is -0.00293. The average molecular weight is 317 g/mol. The van der Waals surface area contributed by atoms with Gasteiger partial charge in [-0.15, -0.1) is 0 Å². The lowest BCUT2D eigenvalue weighted by Crippen LogP contribution is -2.43. The predicted octanol–water partition coefficient (Wildman–Crippen LogP) is 0.548. The van der Waals surface area contributed by atoms with Crippen molar-refractivity contribution < 1.29 is 17.9 Å². The summed E-state index contributed by atoms with van der Waals surface area (Å²) in [6.07, 6.45) is 3.34. The van der Waals surface area contributed by atoms with Gasteiger partial charge in [0.1, 0.15) is 0 Å². The molecule has 0 spiro atoms. The van der Waals surface area contributed by atoms with Crippen molar-refractivity contribution in [3.63, 3.8) is 0 Å². The molecule has 0 amide bonds. The van der Waals surface area contributed by atoms with E-state index in [1.165, 1.54) is 4.31 Å². The molecule has 1 aromatic rings. The number of rotatable bonds is 6. The fraction of sp³-hybridized carbons (Fsp3) is 0.769. The number of aromatic nitrogens is 2. The third-order valence-corrected chi connectivity index (χ3v) is 5.11. The molecule has 0 unspecified atom stereocenters. The maximum Gasteiger partial charge on any atom is 0.216 e. The van der Waals surface area contributed by atoms with Crippen molar-refractivity contribution in [1.29, 1.82) is 0 Å². The van der Waals surface area contributed by atoms with Gasteiger partial charge in [0.25, 0.3) is 0 Å². The van der Waals surface area contributed by atoms with Crippen molar-refractivity contribution in [1.82, 2.24) is 14.1 Å². The summed E-state index contributed by atoms with van der Waals surface area (Å²) in [5, 5.41) is 4.10. The predicted molar refractivity (Wildman–Crippen MR) is 78.3 cm³/mol. The summed E-state index contributed by atoms with van der Waals surface area (Å²) >= 11 is 0. The van der Waals surface area contributed by atoms with Crippen molar-refractivity contribution in [2.75, 3.05) is 32.1 Å². The fourth-order valence-electron chi connectivity index (χ4n) is 2.20. The standard InChI is InChI=1S/C13H23N3O4S/c1-11(2)19-6-7-21(17,18)16-4-5-20-13(10-16)12-8-14-15(3)9-12/h8-9,11,13H,4-7,10H2,1-3H3/t13-/m0/s1. The maximum atomic E-state index is 12.3. The van der Waals surface area contributed by atoms with Crippen LogP contribution in [-0.2, 0) is 26.5 Å². The van der Waals surface area contributed by atoms with Crippen LogP contribution in [0, 0.1) is 0 Å². The van der Waals surface area contributed by atoms with Gasteiger partial charge in [0.2, 0.25) is 10.0 Å². The van der Waals surface area contributed by atoms with Gasteiger partial charge in [-0.2, -0.15) is 9.40 Å². The molecule has 1 aliphatic rings. The van der Waals surface area contributed by atoms with Gasteiger partial charge >= 0.3 is 0 Å². The van der Waals surface area contributed by atoms with Gasteiger partial charge in [-0.25, -0.2) is 8.42 Å². The van der Waals surface area contributed by atoms with Crippen molar-refractivity contribution in [2.45, 2.75) is 26.1 Å². The van der Waals surface area contributed by atoms with Crippen LogP contribution in [0.4, 0.5) is 0 Å². The molecule has 1 aromatic heterocycles. The number of nitrogens with zero attached hydrogens (tertiary/aromatic N) is 3. The van der Waals surface area contributed by atoms with Crippen molar-refractivity contribution >= 4 is 10.0 Å². The molecule has 0 aliphatic carbocycles. The molecular formula is C13H23N3O4S. The number of morpholine rings is 1. The van der Waals surface area contributed by atoms with Crippen LogP contribution in [-0.4, -0.2) is 60.7 Å². The molecule has 2 heterocycles. The highest BCUT2D eigenvalue weighted by molar-refractivity contribution is 7.89. The summed E-state index contributed by atoms with van der Waals surface area (Å²) in [7, 11) is -1.49. The van der Waals surface area contributed by atoms with E-state index in [1.807, 2.05) is 27.1 Å². The van der Waals surface area contributed by atoms with E-state index in [1.54, 1.807) is 10.9 Å². The first-order valence-electron chi connectivity index (χ1n) is 7.08. The smallest absolute Gasteiger partial charge is 0.216 e. The second kappa shape index (κ2) is 6.87. The van der Waals surface area contributed by atoms with Crippen LogP contribution in [0.2, 0.25) is 0 Å². The molecule has 0 saturated carbocycles. The molecule has 1 atom stereocenters. The Labute approximate surface area is 125 Å². The van der Waals surface area contributed by atoms with Crippen LogP contribution in [0.15, 0.2) is 12.4 Å². The minimum absolute atomic E-state index is 0.00490. The average Bonchev–Trinajstić information content (AvgIpc) is 2.85. The Kier molecular flexibility index (Phi) is 5.37. The lowest BCUT2D eigenvalue weighted by atomic mass is 10.2. The van der Waals surface area contributed by atoms with Gasteiger partial charge in [-0.3, -0.25) is 4.68 Å². The van der Waals surface area contributed by atoms with E-state index in [9.17, 15) is 8.42 Å². The van der Waals surface area contributed by atoms with E-state index < -0.39 is 10.0 Å².